The minimum Gasteiger partial charge on any atom is -0.443 e. The minimum atomic E-state index is -0.314. The Morgan fingerprint density at radius 1 is 1.32 bits per heavy atom. The van der Waals surface area contributed by atoms with Crippen LogP contribution in [0.4, 0.5) is 16.2 Å². The number of nitrogens with zero attached hydrogens (tertiary/aromatic N) is 2. The predicted octanol–water partition coefficient (Wildman–Crippen LogP) is 1.82. The van der Waals surface area contributed by atoms with Gasteiger partial charge in [-0.1, -0.05) is 0 Å². The smallest absolute Gasteiger partial charge is 0.414 e. The lowest BCUT2D eigenvalue weighted by atomic mass is 10.2. The van der Waals surface area contributed by atoms with Crippen molar-refractivity contribution < 1.29 is 9.53 Å². The van der Waals surface area contributed by atoms with Gasteiger partial charge in [0.2, 0.25) is 0 Å². The Bertz CT molecular complexity index is 429. The second-order valence-corrected chi connectivity index (χ2v) is 4.54. The summed E-state index contributed by atoms with van der Waals surface area (Å²) in [6, 6.07) is 7.97. The van der Waals surface area contributed by atoms with Crippen molar-refractivity contribution in [3.8, 4) is 0 Å². The van der Waals surface area contributed by atoms with E-state index in [1.54, 1.807) is 4.90 Å². The van der Waals surface area contributed by atoms with E-state index < -0.39 is 0 Å². The lowest BCUT2D eigenvalue weighted by molar-refractivity contribution is 0.145. The van der Waals surface area contributed by atoms with Crippen LogP contribution in [0.3, 0.4) is 0 Å². The molecule has 1 atom stereocenters. The van der Waals surface area contributed by atoms with E-state index in [1.165, 1.54) is 0 Å². The maximum absolute atomic E-state index is 11.7. The molecule has 1 aliphatic heterocycles. The summed E-state index contributed by atoms with van der Waals surface area (Å²) in [4.78, 5) is 15.6. The maximum atomic E-state index is 11.7. The summed E-state index contributed by atoms with van der Waals surface area (Å²) < 4.78 is 5.15. The molecule has 1 saturated heterocycles. The molecule has 1 aliphatic rings. The van der Waals surface area contributed by atoms with Gasteiger partial charge in [0, 0.05) is 31.0 Å². The zero-order chi connectivity index (χ0) is 13.8. The number of nitrogens with two attached hydrogens (primary N) is 1. The first-order chi connectivity index (χ1) is 9.19. The number of anilines is 2. The molecule has 0 aliphatic carbocycles. The van der Waals surface area contributed by atoms with E-state index in [0.717, 1.165) is 24.5 Å². The molecule has 1 amide bonds. The van der Waals surface area contributed by atoms with Crippen LogP contribution in [0.1, 0.15) is 13.8 Å². The SMILES string of the molecule is CCN(CC)c1ccc(N2CC(CN)OC2=O)cc1. The molecule has 19 heavy (non-hydrogen) atoms. The normalized spacial score (nSPS) is 18.6. The molecular weight excluding hydrogens is 242 g/mol. The molecule has 1 unspecified atom stereocenters. The van der Waals surface area contributed by atoms with E-state index in [0.29, 0.717) is 13.1 Å². The van der Waals surface area contributed by atoms with Crippen LogP contribution in [0.15, 0.2) is 24.3 Å². The molecule has 104 valence electrons. The van der Waals surface area contributed by atoms with Gasteiger partial charge >= 0.3 is 6.09 Å². The van der Waals surface area contributed by atoms with E-state index in [-0.39, 0.29) is 12.2 Å². The first-order valence-electron chi connectivity index (χ1n) is 6.72. The van der Waals surface area contributed by atoms with E-state index in [4.69, 9.17) is 10.5 Å². The third-order valence-corrected chi connectivity index (χ3v) is 3.43. The Hall–Kier alpha value is -1.75. The summed E-state index contributed by atoms with van der Waals surface area (Å²) in [5.74, 6) is 0. The number of cyclic esters (lactones) is 1. The summed E-state index contributed by atoms with van der Waals surface area (Å²) in [6.07, 6.45) is -0.513. The van der Waals surface area contributed by atoms with E-state index in [2.05, 4.69) is 18.7 Å². The third kappa shape index (κ3) is 2.81. The topological polar surface area (TPSA) is 58.8 Å². The number of rotatable bonds is 5. The summed E-state index contributed by atoms with van der Waals surface area (Å²) >= 11 is 0. The van der Waals surface area contributed by atoms with Crippen LogP contribution in [0.5, 0.6) is 0 Å². The Kier molecular flexibility index (Phi) is 4.27. The predicted molar refractivity (Wildman–Crippen MR) is 76.7 cm³/mol. The number of carbonyl (C=O) groups excluding carboxylic acids is 1. The molecule has 2 N–H and O–H groups in total. The fraction of sp³-hybridized carbons (Fsp3) is 0.500. The average molecular weight is 263 g/mol. The van der Waals surface area contributed by atoms with Crippen LogP contribution in [0, 0.1) is 0 Å². The molecule has 2 rings (SSSR count). The van der Waals surface area contributed by atoms with Gasteiger partial charge in [-0.05, 0) is 38.1 Å². The molecule has 1 fully saturated rings. The van der Waals surface area contributed by atoms with Crippen molar-refractivity contribution in [1.29, 1.82) is 0 Å². The molecule has 1 aromatic carbocycles. The summed E-state index contributed by atoms with van der Waals surface area (Å²) in [6.45, 7) is 7.08. The van der Waals surface area contributed by atoms with Gasteiger partial charge in [0.25, 0.3) is 0 Å². The molecular formula is C14H21N3O2. The zero-order valence-electron chi connectivity index (χ0n) is 11.5. The van der Waals surface area contributed by atoms with Crippen LogP contribution in [0.2, 0.25) is 0 Å². The van der Waals surface area contributed by atoms with Gasteiger partial charge in [-0.15, -0.1) is 0 Å². The average Bonchev–Trinajstić information content (AvgIpc) is 2.82. The molecule has 5 nitrogen and oxygen atoms in total. The lowest BCUT2D eigenvalue weighted by Crippen LogP contribution is -2.27. The first kappa shape index (κ1) is 13.7. The highest BCUT2D eigenvalue weighted by Gasteiger charge is 2.31. The van der Waals surface area contributed by atoms with Crippen LogP contribution < -0.4 is 15.5 Å². The van der Waals surface area contributed by atoms with E-state index in [1.807, 2.05) is 24.3 Å². The first-order valence-corrected chi connectivity index (χ1v) is 6.72. The molecule has 0 spiro atoms. The molecule has 0 bridgehead atoms. The minimum absolute atomic E-state index is 0.199. The van der Waals surface area contributed by atoms with Crippen molar-refractivity contribution in [3.63, 3.8) is 0 Å². The Labute approximate surface area is 113 Å². The monoisotopic (exact) mass is 263 g/mol. The number of hydrogen-bond donors (Lipinski definition) is 1. The van der Waals surface area contributed by atoms with Crippen molar-refractivity contribution >= 4 is 17.5 Å². The fourth-order valence-corrected chi connectivity index (χ4v) is 2.29. The van der Waals surface area contributed by atoms with Gasteiger partial charge in [0.15, 0.2) is 0 Å². The third-order valence-electron chi connectivity index (χ3n) is 3.43. The van der Waals surface area contributed by atoms with Crippen LogP contribution in [0.25, 0.3) is 0 Å². The van der Waals surface area contributed by atoms with Gasteiger partial charge < -0.3 is 15.4 Å². The van der Waals surface area contributed by atoms with Gasteiger partial charge in [-0.25, -0.2) is 4.79 Å². The lowest BCUT2D eigenvalue weighted by Gasteiger charge is -2.22. The zero-order valence-corrected chi connectivity index (χ0v) is 11.5. The Morgan fingerprint density at radius 3 is 2.42 bits per heavy atom. The van der Waals surface area contributed by atoms with Crippen molar-refractivity contribution in [2.24, 2.45) is 5.73 Å². The van der Waals surface area contributed by atoms with Crippen LogP contribution in [-0.2, 0) is 4.74 Å². The number of hydrogen-bond acceptors (Lipinski definition) is 4. The van der Waals surface area contributed by atoms with Gasteiger partial charge in [0.1, 0.15) is 6.10 Å². The molecule has 1 aromatic rings. The summed E-state index contributed by atoms with van der Waals surface area (Å²) in [7, 11) is 0. The standard InChI is InChI=1S/C14H21N3O2/c1-3-16(4-2)11-5-7-12(8-6-11)17-10-13(9-15)19-14(17)18/h5-8,13H,3-4,9-10,15H2,1-2H3. The summed E-state index contributed by atoms with van der Waals surface area (Å²) in [5, 5.41) is 0. The highest BCUT2D eigenvalue weighted by molar-refractivity contribution is 5.90. The highest BCUT2D eigenvalue weighted by Crippen LogP contribution is 2.24. The fourth-order valence-electron chi connectivity index (χ4n) is 2.29. The number of carbonyl (C=O) groups is 1. The van der Waals surface area contributed by atoms with E-state index in [9.17, 15) is 4.79 Å². The maximum Gasteiger partial charge on any atom is 0.414 e. The number of ether oxygens (including phenoxy) is 1. The van der Waals surface area contributed by atoms with Gasteiger partial charge in [-0.3, -0.25) is 4.90 Å². The summed E-state index contributed by atoms with van der Waals surface area (Å²) in [5.41, 5.74) is 7.55. The Morgan fingerprint density at radius 2 is 1.95 bits per heavy atom. The second kappa shape index (κ2) is 5.93. The molecule has 0 saturated carbocycles. The van der Waals surface area contributed by atoms with Crippen molar-refractivity contribution in [2.45, 2.75) is 20.0 Å². The number of benzene rings is 1. The quantitative estimate of drug-likeness (QED) is 0.880. The molecule has 0 aromatic heterocycles. The molecule has 5 heteroatoms. The van der Waals surface area contributed by atoms with E-state index >= 15 is 0 Å². The highest BCUT2D eigenvalue weighted by atomic mass is 16.6. The van der Waals surface area contributed by atoms with Crippen LogP contribution >= 0.6 is 0 Å². The van der Waals surface area contributed by atoms with Gasteiger partial charge in [-0.2, -0.15) is 0 Å². The number of amides is 1. The van der Waals surface area contributed by atoms with Gasteiger partial charge in [0.05, 0.1) is 6.54 Å². The van der Waals surface area contributed by atoms with Crippen molar-refractivity contribution in [3.05, 3.63) is 24.3 Å². The molecule has 0 radical (unpaired) electrons. The van der Waals surface area contributed by atoms with Crippen molar-refractivity contribution in [2.75, 3.05) is 36.0 Å². The Balaban J connectivity index is 2.12. The van der Waals surface area contributed by atoms with Crippen molar-refractivity contribution in [1.82, 2.24) is 0 Å². The van der Waals surface area contributed by atoms with Crippen LogP contribution in [-0.4, -0.2) is 38.4 Å². The second-order valence-electron chi connectivity index (χ2n) is 4.54. The molecule has 1 heterocycles. The largest absolute Gasteiger partial charge is 0.443 e.